The molecule has 2 aromatic rings. The van der Waals surface area contributed by atoms with E-state index in [1.165, 1.54) is 20.8 Å². The van der Waals surface area contributed by atoms with E-state index < -0.39 is 17.2 Å². The summed E-state index contributed by atoms with van der Waals surface area (Å²) >= 11 is 1.37. The van der Waals surface area contributed by atoms with Gasteiger partial charge in [-0.05, 0) is 36.6 Å². The van der Waals surface area contributed by atoms with Crippen LogP contribution in [0.1, 0.15) is 42.8 Å². The minimum absolute atomic E-state index is 0.0249. The lowest BCUT2D eigenvalue weighted by molar-refractivity contribution is -0.123. The second-order valence-electron chi connectivity index (χ2n) is 8.90. The number of nitrogens with one attached hydrogen (secondary N) is 1. The molecule has 0 bridgehead atoms. The molecule has 0 saturated carbocycles. The predicted octanol–water partition coefficient (Wildman–Crippen LogP) is 1.76. The fourth-order valence-electron chi connectivity index (χ4n) is 4.22. The number of rotatable bonds is 9. The monoisotopic (exact) mass is 491 g/mol. The molecule has 0 spiro atoms. The molecule has 0 aromatic carbocycles. The van der Waals surface area contributed by atoms with Gasteiger partial charge in [-0.1, -0.05) is 19.9 Å². The van der Waals surface area contributed by atoms with E-state index in [9.17, 15) is 19.2 Å². The van der Waals surface area contributed by atoms with E-state index in [1.54, 1.807) is 18.1 Å². The Labute approximate surface area is 202 Å². The third-order valence-corrected chi connectivity index (χ3v) is 6.68. The summed E-state index contributed by atoms with van der Waals surface area (Å²) in [6, 6.07) is 3.59. The number of amides is 2. The average Bonchev–Trinajstić information content (AvgIpc) is 3.35. The second-order valence-corrected chi connectivity index (χ2v) is 9.85. The minimum atomic E-state index is -0.699. The van der Waals surface area contributed by atoms with Gasteiger partial charge in [-0.25, -0.2) is 4.79 Å². The highest BCUT2D eigenvalue weighted by Crippen LogP contribution is 2.26. The number of carbonyl (C=O) groups is 2. The largest absolute Gasteiger partial charge is 0.385 e. The van der Waals surface area contributed by atoms with Crippen LogP contribution in [0.5, 0.6) is 0 Å². The number of nitrogens with two attached hydrogens (primary N) is 1. The Balaban J connectivity index is 1.93. The zero-order chi connectivity index (χ0) is 24.8. The number of anilines is 2. The number of carbonyl (C=O) groups excluding carboxylic acids is 2. The Kier molecular flexibility index (Phi) is 8.67. The molecule has 1 unspecified atom stereocenters. The van der Waals surface area contributed by atoms with Crippen molar-refractivity contribution in [3.8, 4) is 0 Å². The van der Waals surface area contributed by atoms with E-state index in [2.05, 4.69) is 4.98 Å². The van der Waals surface area contributed by atoms with Gasteiger partial charge >= 0.3 is 5.69 Å². The molecule has 0 aliphatic carbocycles. The summed E-state index contributed by atoms with van der Waals surface area (Å²) in [4.78, 5) is 57.8. The number of hydrogen-bond donors (Lipinski definition) is 2. The van der Waals surface area contributed by atoms with Gasteiger partial charge in [-0.2, -0.15) is 0 Å². The van der Waals surface area contributed by atoms with Gasteiger partial charge in [0.15, 0.2) is 5.69 Å². The number of H-pyrrole nitrogens is 1. The number of likely N-dealkylation sites (tertiary alicyclic amines) is 1. The fraction of sp³-hybridized carbons (Fsp3) is 0.565. The quantitative estimate of drug-likeness (QED) is 0.514. The second kappa shape index (κ2) is 11.5. The van der Waals surface area contributed by atoms with E-state index >= 15 is 0 Å². The minimum Gasteiger partial charge on any atom is -0.385 e. The maximum atomic E-state index is 13.7. The van der Waals surface area contributed by atoms with Crippen molar-refractivity contribution in [3.63, 3.8) is 0 Å². The zero-order valence-electron chi connectivity index (χ0n) is 19.9. The van der Waals surface area contributed by atoms with Crippen molar-refractivity contribution in [2.75, 3.05) is 44.0 Å². The van der Waals surface area contributed by atoms with Crippen LogP contribution in [0.15, 0.2) is 27.1 Å². The number of methoxy groups -OCH3 is 1. The van der Waals surface area contributed by atoms with Crippen LogP contribution in [-0.4, -0.2) is 59.6 Å². The summed E-state index contributed by atoms with van der Waals surface area (Å²) in [5.74, 6) is -0.792. The molecule has 3 heterocycles. The standard InChI is InChI=1S/C23H33N5O5S/c1-15(2)13-28-19(24)18(20(29)25-23(28)32)27(10-6-11-33-3)21(30)16-7-4-9-26(14-16)22(31)17-8-5-12-34-17/h5,8,12,15-16H,4,6-7,9-11,13-14,24H2,1-3H3,(H,25,29,32). The lowest BCUT2D eigenvalue weighted by Gasteiger charge is -2.35. The average molecular weight is 492 g/mol. The first-order chi connectivity index (χ1) is 16.2. The predicted molar refractivity (Wildman–Crippen MR) is 132 cm³/mol. The normalized spacial score (nSPS) is 16.1. The molecule has 1 fully saturated rings. The molecule has 186 valence electrons. The molecule has 2 aromatic heterocycles. The van der Waals surface area contributed by atoms with Gasteiger partial charge in [-0.15, -0.1) is 11.3 Å². The molecular weight excluding hydrogens is 458 g/mol. The Hall–Kier alpha value is -2.92. The van der Waals surface area contributed by atoms with Gasteiger partial charge in [0.05, 0.1) is 10.8 Å². The van der Waals surface area contributed by atoms with Crippen molar-refractivity contribution in [1.29, 1.82) is 0 Å². The smallest absolute Gasteiger partial charge is 0.330 e. The Morgan fingerprint density at radius 2 is 2.12 bits per heavy atom. The molecule has 1 aliphatic rings. The SMILES string of the molecule is COCCCN(C(=O)C1CCCN(C(=O)c2cccs2)C1)c1c(N)n(CC(C)C)c(=O)[nH]c1=O. The van der Waals surface area contributed by atoms with Gasteiger partial charge in [0.2, 0.25) is 5.91 Å². The maximum absolute atomic E-state index is 13.7. The molecule has 1 atom stereocenters. The molecule has 3 N–H and O–H groups in total. The molecule has 0 radical (unpaired) electrons. The Bertz CT molecular complexity index is 1110. The first-order valence-electron chi connectivity index (χ1n) is 11.5. The van der Waals surface area contributed by atoms with E-state index in [1.807, 2.05) is 25.3 Å². The summed E-state index contributed by atoms with van der Waals surface area (Å²) in [6.07, 6.45) is 1.75. The van der Waals surface area contributed by atoms with Gasteiger partial charge in [0.25, 0.3) is 11.5 Å². The lowest BCUT2D eigenvalue weighted by atomic mass is 9.96. The summed E-state index contributed by atoms with van der Waals surface area (Å²) in [7, 11) is 1.56. The highest BCUT2D eigenvalue weighted by atomic mass is 32.1. The molecule has 34 heavy (non-hydrogen) atoms. The van der Waals surface area contributed by atoms with Crippen molar-refractivity contribution < 1.29 is 14.3 Å². The van der Waals surface area contributed by atoms with Crippen LogP contribution < -0.4 is 21.9 Å². The van der Waals surface area contributed by atoms with Crippen LogP contribution in [-0.2, 0) is 16.1 Å². The number of piperidine rings is 1. The highest BCUT2D eigenvalue weighted by molar-refractivity contribution is 7.12. The van der Waals surface area contributed by atoms with Crippen molar-refractivity contribution in [1.82, 2.24) is 14.5 Å². The van der Waals surface area contributed by atoms with Crippen molar-refractivity contribution >= 4 is 34.7 Å². The molecule has 2 amide bonds. The number of aromatic amines is 1. The molecule has 1 aliphatic heterocycles. The van der Waals surface area contributed by atoms with Crippen LogP contribution >= 0.6 is 11.3 Å². The molecule has 3 rings (SSSR count). The van der Waals surface area contributed by atoms with Crippen LogP contribution in [0, 0.1) is 11.8 Å². The van der Waals surface area contributed by atoms with Gasteiger partial charge in [0, 0.05) is 39.9 Å². The maximum Gasteiger partial charge on any atom is 0.330 e. The number of nitrogens with zero attached hydrogens (tertiary/aromatic N) is 3. The van der Waals surface area contributed by atoms with Gasteiger partial charge < -0.3 is 20.3 Å². The van der Waals surface area contributed by atoms with E-state index in [-0.39, 0.29) is 42.3 Å². The van der Waals surface area contributed by atoms with Crippen LogP contribution in [0.4, 0.5) is 11.5 Å². The molecule has 10 nitrogen and oxygen atoms in total. The van der Waals surface area contributed by atoms with Gasteiger partial charge in [-0.3, -0.25) is 23.9 Å². The number of ether oxygens (including phenoxy) is 1. The molecular formula is C23H33N5O5S. The van der Waals surface area contributed by atoms with E-state index in [0.717, 1.165) is 0 Å². The first-order valence-corrected chi connectivity index (χ1v) is 12.4. The van der Waals surface area contributed by atoms with Gasteiger partial charge in [0.1, 0.15) is 5.82 Å². The summed E-state index contributed by atoms with van der Waals surface area (Å²) in [6.45, 7) is 5.60. The zero-order valence-corrected chi connectivity index (χ0v) is 20.7. The first kappa shape index (κ1) is 25.7. The van der Waals surface area contributed by atoms with E-state index in [4.69, 9.17) is 10.5 Å². The topological polar surface area (TPSA) is 131 Å². The molecule has 11 heteroatoms. The number of thiophene rings is 1. The number of aromatic nitrogens is 2. The van der Waals surface area contributed by atoms with Crippen LogP contribution in [0.3, 0.4) is 0 Å². The fourth-order valence-corrected chi connectivity index (χ4v) is 4.91. The summed E-state index contributed by atoms with van der Waals surface area (Å²) in [5.41, 5.74) is 4.97. The Morgan fingerprint density at radius 1 is 1.35 bits per heavy atom. The van der Waals surface area contributed by atoms with Crippen LogP contribution in [0.2, 0.25) is 0 Å². The summed E-state index contributed by atoms with van der Waals surface area (Å²) < 4.78 is 6.43. The number of hydrogen-bond acceptors (Lipinski definition) is 7. The van der Waals surface area contributed by atoms with Crippen molar-refractivity contribution in [3.05, 3.63) is 43.2 Å². The summed E-state index contributed by atoms with van der Waals surface area (Å²) in [5, 5.41) is 1.85. The lowest BCUT2D eigenvalue weighted by Crippen LogP contribution is -2.49. The van der Waals surface area contributed by atoms with Crippen molar-refractivity contribution in [2.24, 2.45) is 11.8 Å². The highest BCUT2D eigenvalue weighted by Gasteiger charge is 2.34. The van der Waals surface area contributed by atoms with E-state index in [0.29, 0.717) is 43.8 Å². The molecule has 1 saturated heterocycles. The third kappa shape index (κ3) is 5.76. The van der Waals surface area contributed by atoms with Crippen LogP contribution in [0.25, 0.3) is 0 Å². The Morgan fingerprint density at radius 3 is 2.76 bits per heavy atom. The third-order valence-electron chi connectivity index (χ3n) is 5.82. The number of nitrogen functional groups attached to an aromatic ring is 1. The van der Waals surface area contributed by atoms with Crippen molar-refractivity contribution in [2.45, 2.75) is 39.7 Å².